The van der Waals surface area contributed by atoms with Crippen molar-refractivity contribution < 1.29 is 12.8 Å². The summed E-state index contributed by atoms with van der Waals surface area (Å²) in [6.45, 7) is 2.85. The predicted octanol–water partition coefficient (Wildman–Crippen LogP) is 2.43. The van der Waals surface area contributed by atoms with Gasteiger partial charge >= 0.3 is 0 Å². The number of sulfonamides is 1. The Morgan fingerprint density at radius 1 is 1.45 bits per heavy atom. The molecule has 1 saturated heterocycles. The lowest BCUT2D eigenvalue weighted by atomic mass is 10.0. The highest BCUT2D eigenvalue weighted by Gasteiger charge is 2.27. The van der Waals surface area contributed by atoms with E-state index in [0.29, 0.717) is 0 Å². The van der Waals surface area contributed by atoms with E-state index in [0.717, 1.165) is 31.5 Å². The van der Waals surface area contributed by atoms with E-state index in [1.54, 1.807) is 0 Å². The van der Waals surface area contributed by atoms with Gasteiger partial charge in [-0.3, -0.25) is 0 Å². The first-order chi connectivity index (χ1) is 8.90. The number of rotatable bonds is 3. The SMILES string of the molecule is CC1NCCCC1NS(=O)(=O)c1ccc(F)cc1Br.Cl. The summed E-state index contributed by atoms with van der Waals surface area (Å²) >= 11 is 3.09. The van der Waals surface area contributed by atoms with Crippen LogP contribution in [0, 0.1) is 5.82 Å². The topological polar surface area (TPSA) is 58.2 Å². The molecule has 2 rings (SSSR count). The molecule has 1 fully saturated rings. The summed E-state index contributed by atoms with van der Waals surface area (Å²) in [6.07, 6.45) is 1.73. The Labute approximate surface area is 133 Å². The molecule has 2 N–H and O–H groups in total. The molecule has 0 radical (unpaired) electrons. The highest BCUT2D eigenvalue weighted by Crippen LogP contribution is 2.23. The zero-order valence-electron chi connectivity index (χ0n) is 10.9. The summed E-state index contributed by atoms with van der Waals surface area (Å²) in [5.41, 5.74) is 0. The molecule has 1 aromatic carbocycles. The van der Waals surface area contributed by atoms with Crippen LogP contribution in [-0.2, 0) is 10.0 Å². The molecule has 2 unspecified atom stereocenters. The first-order valence-corrected chi connectivity index (χ1v) is 8.38. The Hall–Kier alpha value is -0.210. The molecule has 0 saturated carbocycles. The second-order valence-corrected chi connectivity index (χ2v) is 7.22. The highest BCUT2D eigenvalue weighted by atomic mass is 79.9. The van der Waals surface area contributed by atoms with Crippen LogP contribution in [0.5, 0.6) is 0 Å². The molecular weight excluding hydrogens is 371 g/mol. The largest absolute Gasteiger partial charge is 0.313 e. The Kier molecular flexibility index (Phi) is 6.40. The van der Waals surface area contributed by atoms with Gasteiger partial charge in [0, 0.05) is 16.6 Å². The first kappa shape index (κ1) is 17.8. The number of hydrogen-bond acceptors (Lipinski definition) is 3. The molecule has 20 heavy (non-hydrogen) atoms. The molecule has 0 amide bonds. The fraction of sp³-hybridized carbons (Fsp3) is 0.500. The van der Waals surface area contributed by atoms with Gasteiger partial charge in [-0.2, -0.15) is 0 Å². The molecule has 4 nitrogen and oxygen atoms in total. The van der Waals surface area contributed by atoms with Crippen LogP contribution in [0.1, 0.15) is 19.8 Å². The van der Waals surface area contributed by atoms with Crippen molar-refractivity contribution in [3.63, 3.8) is 0 Å². The normalized spacial score (nSPS) is 23.1. The van der Waals surface area contributed by atoms with Gasteiger partial charge < -0.3 is 5.32 Å². The van der Waals surface area contributed by atoms with Crippen LogP contribution in [0.2, 0.25) is 0 Å². The van der Waals surface area contributed by atoms with Gasteiger partial charge in [0.05, 0.1) is 4.90 Å². The highest BCUT2D eigenvalue weighted by molar-refractivity contribution is 9.10. The fourth-order valence-electron chi connectivity index (χ4n) is 2.16. The van der Waals surface area contributed by atoms with Crippen molar-refractivity contribution in [2.75, 3.05) is 6.54 Å². The van der Waals surface area contributed by atoms with E-state index < -0.39 is 15.8 Å². The minimum absolute atomic E-state index is 0. The lowest BCUT2D eigenvalue weighted by Crippen LogP contribution is -2.51. The fourth-order valence-corrected chi connectivity index (χ4v) is 4.56. The summed E-state index contributed by atoms with van der Waals surface area (Å²) < 4.78 is 40.5. The molecule has 1 aliphatic rings. The molecule has 8 heteroatoms. The third-order valence-electron chi connectivity index (χ3n) is 3.25. The molecule has 0 aromatic heterocycles. The maximum absolute atomic E-state index is 13.0. The van der Waals surface area contributed by atoms with Crippen LogP contribution >= 0.6 is 28.3 Å². The summed E-state index contributed by atoms with van der Waals surface area (Å²) in [5, 5.41) is 3.23. The van der Waals surface area contributed by atoms with Gasteiger partial charge in [0.1, 0.15) is 5.82 Å². The third-order valence-corrected chi connectivity index (χ3v) is 5.72. The average Bonchev–Trinajstić information content (AvgIpc) is 2.31. The van der Waals surface area contributed by atoms with E-state index in [1.807, 2.05) is 6.92 Å². The van der Waals surface area contributed by atoms with Crippen molar-refractivity contribution in [3.05, 3.63) is 28.5 Å². The summed E-state index contributed by atoms with van der Waals surface area (Å²) in [7, 11) is -3.64. The Morgan fingerprint density at radius 3 is 2.75 bits per heavy atom. The Bertz CT molecular complexity index is 571. The molecule has 0 bridgehead atoms. The third kappa shape index (κ3) is 4.14. The first-order valence-electron chi connectivity index (χ1n) is 6.11. The smallest absolute Gasteiger partial charge is 0.241 e. The molecular formula is C12H17BrClFN2O2S. The molecule has 0 spiro atoms. The van der Waals surface area contributed by atoms with Crippen molar-refractivity contribution in [1.82, 2.24) is 10.0 Å². The second kappa shape index (κ2) is 7.17. The van der Waals surface area contributed by atoms with Crippen LogP contribution in [0.4, 0.5) is 4.39 Å². The summed E-state index contributed by atoms with van der Waals surface area (Å²) in [6, 6.07) is 3.50. The van der Waals surface area contributed by atoms with Crippen LogP contribution < -0.4 is 10.0 Å². The number of nitrogens with one attached hydrogen (secondary N) is 2. The van der Waals surface area contributed by atoms with Crippen molar-refractivity contribution in [3.8, 4) is 0 Å². The minimum Gasteiger partial charge on any atom is -0.313 e. The zero-order valence-corrected chi connectivity index (χ0v) is 14.1. The Morgan fingerprint density at radius 2 is 2.15 bits per heavy atom. The molecule has 1 aliphatic heterocycles. The van der Waals surface area contributed by atoms with E-state index in [4.69, 9.17) is 0 Å². The molecule has 114 valence electrons. The standard InChI is InChI=1S/C12H16BrFN2O2S.ClH/c1-8-11(3-2-6-15-8)16-19(17,18)12-5-4-9(14)7-10(12)13;/h4-5,7-8,11,15-16H,2-3,6H2,1H3;1H. The Balaban J connectivity index is 0.00000200. The minimum atomic E-state index is -3.64. The van der Waals surface area contributed by atoms with Crippen LogP contribution in [0.15, 0.2) is 27.6 Å². The van der Waals surface area contributed by atoms with E-state index in [1.165, 1.54) is 6.07 Å². The van der Waals surface area contributed by atoms with Crippen molar-refractivity contribution in [1.29, 1.82) is 0 Å². The van der Waals surface area contributed by atoms with Crippen LogP contribution in [-0.4, -0.2) is 27.0 Å². The van der Waals surface area contributed by atoms with E-state index in [9.17, 15) is 12.8 Å². The van der Waals surface area contributed by atoms with Crippen LogP contribution in [0.25, 0.3) is 0 Å². The lowest BCUT2D eigenvalue weighted by Gasteiger charge is -2.30. The van der Waals surface area contributed by atoms with Crippen molar-refractivity contribution in [2.45, 2.75) is 36.7 Å². The molecule has 1 aromatic rings. The number of hydrogen-bond donors (Lipinski definition) is 2. The quantitative estimate of drug-likeness (QED) is 0.837. The summed E-state index contributed by atoms with van der Waals surface area (Å²) in [5.74, 6) is -0.474. The summed E-state index contributed by atoms with van der Waals surface area (Å²) in [4.78, 5) is 0.0617. The molecule has 2 atom stereocenters. The van der Waals surface area contributed by atoms with Gasteiger partial charge in [0.15, 0.2) is 0 Å². The van der Waals surface area contributed by atoms with Crippen molar-refractivity contribution >= 4 is 38.4 Å². The monoisotopic (exact) mass is 386 g/mol. The number of halogens is 3. The van der Waals surface area contributed by atoms with Crippen LogP contribution in [0.3, 0.4) is 0 Å². The van der Waals surface area contributed by atoms with Gasteiger partial charge in [-0.05, 0) is 60.4 Å². The number of benzene rings is 1. The lowest BCUT2D eigenvalue weighted by molar-refractivity contribution is 0.348. The zero-order chi connectivity index (χ0) is 14.0. The van der Waals surface area contributed by atoms with Gasteiger partial charge in [0.25, 0.3) is 0 Å². The maximum Gasteiger partial charge on any atom is 0.241 e. The van der Waals surface area contributed by atoms with E-state index in [2.05, 4.69) is 26.0 Å². The molecule has 0 aliphatic carbocycles. The number of piperidine rings is 1. The predicted molar refractivity (Wildman–Crippen MR) is 82.2 cm³/mol. The second-order valence-electron chi connectivity index (χ2n) is 4.69. The van der Waals surface area contributed by atoms with Gasteiger partial charge in [0.2, 0.25) is 10.0 Å². The molecule has 1 heterocycles. The van der Waals surface area contributed by atoms with E-state index >= 15 is 0 Å². The maximum atomic E-state index is 13.0. The van der Waals surface area contributed by atoms with Gasteiger partial charge in [-0.25, -0.2) is 17.5 Å². The van der Waals surface area contributed by atoms with Gasteiger partial charge in [-0.15, -0.1) is 12.4 Å². The average molecular weight is 388 g/mol. The van der Waals surface area contributed by atoms with Gasteiger partial charge in [-0.1, -0.05) is 0 Å². The van der Waals surface area contributed by atoms with Crippen molar-refractivity contribution in [2.24, 2.45) is 0 Å². The van der Waals surface area contributed by atoms with E-state index in [-0.39, 0.29) is 33.9 Å².